The molecule has 1 atom stereocenters. The fourth-order valence-electron chi connectivity index (χ4n) is 3.03. The summed E-state index contributed by atoms with van der Waals surface area (Å²) in [5, 5.41) is 17.7. The number of hydrazone groups is 1. The molecule has 1 fully saturated rings. The predicted octanol–water partition coefficient (Wildman–Crippen LogP) is 1.86. The summed E-state index contributed by atoms with van der Waals surface area (Å²) in [5.41, 5.74) is 1.43. The Morgan fingerprint density at radius 2 is 2.08 bits per heavy atom. The molecular formula is C18H21N3O4S. The maximum absolute atomic E-state index is 12.6. The number of aryl methyl sites for hydroxylation is 2. The number of nitrogens with zero attached hydrogens (tertiary/aromatic N) is 2. The molecule has 1 aromatic rings. The first-order chi connectivity index (χ1) is 12.3. The molecule has 0 aromatic heterocycles. The highest BCUT2D eigenvalue weighted by Crippen LogP contribution is 2.29. The van der Waals surface area contributed by atoms with Crippen molar-refractivity contribution in [3.05, 3.63) is 29.3 Å². The molecular weight excluding hydrogens is 354 g/mol. The zero-order chi connectivity index (χ0) is 18.9. The minimum absolute atomic E-state index is 0.161. The average Bonchev–Trinajstić information content (AvgIpc) is 3.07. The Kier molecular flexibility index (Phi) is 5.04. The number of carbonyl (C=O) groups is 3. The second kappa shape index (κ2) is 7.11. The second-order valence-electron chi connectivity index (χ2n) is 6.69. The molecule has 2 aliphatic heterocycles. The van der Waals surface area contributed by atoms with Crippen molar-refractivity contribution in [3.63, 3.8) is 0 Å². The van der Waals surface area contributed by atoms with Crippen LogP contribution in [-0.4, -0.2) is 45.6 Å². The Morgan fingerprint density at radius 3 is 2.73 bits per heavy atom. The lowest BCUT2D eigenvalue weighted by Crippen LogP contribution is -2.57. The number of carboxylic acids is 1. The molecule has 2 heterocycles. The highest BCUT2D eigenvalue weighted by atomic mass is 32.2. The first-order valence-electron chi connectivity index (χ1n) is 8.44. The Labute approximate surface area is 155 Å². The maximum atomic E-state index is 12.6. The second-order valence-corrected chi connectivity index (χ2v) is 7.79. The number of rotatable bonds is 4. The molecule has 7 nitrogen and oxygen atoms in total. The van der Waals surface area contributed by atoms with Gasteiger partial charge in [-0.3, -0.25) is 9.59 Å². The molecule has 0 saturated carbocycles. The van der Waals surface area contributed by atoms with Crippen molar-refractivity contribution in [2.75, 3.05) is 16.5 Å². The zero-order valence-electron chi connectivity index (χ0n) is 14.7. The van der Waals surface area contributed by atoms with Crippen molar-refractivity contribution >= 4 is 40.9 Å². The van der Waals surface area contributed by atoms with E-state index in [-0.39, 0.29) is 24.5 Å². The van der Waals surface area contributed by atoms with Crippen LogP contribution in [0, 0.1) is 13.8 Å². The molecule has 26 heavy (non-hydrogen) atoms. The number of nitrogens with one attached hydrogen (secondary N) is 1. The van der Waals surface area contributed by atoms with Crippen molar-refractivity contribution < 1.29 is 19.5 Å². The fourth-order valence-corrected chi connectivity index (χ4v) is 4.35. The van der Waals surface area contributed by atoms with Gasteiger partial charge in [0, 0.05) is 18.6 Å². The van der Waals surface area contributed by atoms with Gasteiger partial charge in [0.1, 0.15) is 11.3 Å². The van der Waals surface area contributed by atoms with E-state index in [1.807, 2.05) is 32.0 Å². The topological polar surface area (TPSA) is 99.1 Å². The SMILES string of the molecule is Cc1ccc(C)c(N2N=C(C(=O)NC3(C(=O)O)CCSC3)CCC2=O)c1. The standard InChI is InChI=1S/C18H21N3O4S/c1-11-3-4-12(2)14(9-11)21-15(22)6-5-13(20-21)16(23)19-18(17(24)25)7-8-26-10-18/h3-4,9H,5-8,10H2,1-2H3,(H,19,23)(H,24,25). The quantitative estimate of drug-likeness (QED) is 0.837. The summed E-state index contributed by atoms with van der Waals surface area (Å²) in [5.74, 6) is -0.709. The van der Waals surface area contributed by atoms with Gasteiger partial charge in [0.05, 0.1) is 5.69 Å². The van der Waals surface area contributed by atoms with Gasteiger partial charge in [0.2, 0.25) is 5.91 Å². The number of benzene rings is 1. The normalized spacial score (nSPS) is 22.9. The summed E-state index contributed by atoms with van der Waals surface area (Å²) in [6, 6.07) is 5.69. The molecule has 3 rings (SSSR count). The van der Waals surface area contributed by atoms with Gasteiger partial charge >= 0.3 is 5.97 Å². The van der Waals surface area contributed by atoms with Crippen molar-refractivity contribution in [3.8, 4) is 0 Å². The van der Waals surface area contributed by atoms with Crippen LogP contribution in [0.1, 0.15) is 30.4 Å². The lowest BCUT2D eigenvalue weighted by Gasteiger charge is -2.28. The summed E-state index contributed by atoms with van der Waals surface area (Å²) >= 11 is 1.50. The van der Waals surface area contributed by atoms with Crippen molar-refractivity contribution in [2.45, 2.75) is 38.6 Å². The Balaban J connectivity index is 1.87. The third-order valence-electron chi connectivity index (χ3n) is 4.67. The van der Waals surface area contributed by atoms with Crippen LogP contribution >= 0.6 is 11.8 Å². The van der Waals surface area contributed by atoms with Gasteiger partial charge < -0.3 is 10.4 Å². The van der Waals surface area contributed by atoms with E-state index in [0.717, 1.165) is 11.1 Å². The minimum atomic E-state index is -1.25. The molecule has 0 spiro atoms. The smallest absolute Gasteiger partial charge is 0.330 e. The molecule has 2 aliphatic rings. The first-order valence-corrected chi connectivity index (χ1v) is 9.59. The van der Waals surface area contributed by atoms with Crippen LogP contribution < -0.4 is 10.3 Å². The number of hydrogen-bond acceptors (Lipinski definition) is 5. The maximum Gasteiger partial charge on any atom is 0.330 e. The highest BCUT2D eigenvalue weighted by Gasteiger charge is 2.44. The Hall–Kier alpha value is -2.35. The monoisotopic (exact) mass is 375 g/mol. The summed E-state index contributed by atoms with van der Waals surface area (Å²) < 4.78 is 0. The van der Waals surface area contributed by atoms with Crippen molar-refractivity contribution in [1.82, 2.24) is 5.32 Å². The van der Waals surface area contributed by atoms with E-state index < -0.39 is 17.4 Å². The van der Waals surface area contributed by atoms with E-state index in [0.29, 0.717) is 23.6 Å². The predicted molar refractivity (Wildman–Crippen MR) is 101 cm³/mol. The van der Waals surface area contributed by atoms with E-state index in [1.165, 1.54) is 16.8 Å². The lowest BCUT2D eigenvalue weighted by molar-refractivity contribution is -0.145. The van der Waals surface area contributed by atoms with Crippen LogP contribution in [-0.2, 0) is 14.4 Å². The molecule has 1 saturated heterocycles. The van der Waals surface area contributed by atoms with E-state index in [9.17, 15) is 19.5 Å². The van der Waals surface area contributed by atoms with Gasteiger partial charge in [-0.2, -0.15) is 16.9 Å². The molecule has 138 valence electrons. The van der Waals surface area contributed by atoms with Crippen LogP contribution in [0.3, 0.4) is 0 Å². The molecule has 2 amide bonds. The van der Waals surface area contributed by atoms with Crippen LogP contribution in [0.2, 0.25) is 0 Å². The third-order valence-corrected chi connectivity index (χ3v) is 5.86. The van der Waals surface area contributed by atoms with Gasteiger partial charge in [-0.25, -0.2) is 9.80 Å². The Morgan fingerprint density at radius 1 is 1.31 bits per heavy atom. The minimum Gasteiger partial charge on any atom is -0.479 e. The number of carbonyl (C=O) groups excluding carboxylic acids is 2. The van der Waals surface area contributed by atoms with Crippen LogP contribution in [0.4, 0.5) is 5.69 Å². The van der Waals surface area contributed by atoms with Crippen LogP contribution in [0.5, 0.6) is 0 Å². The van der Waals surface area contributed by atoms with E-state index in [4.69, 9.17) is 0 Å². The summed E-state index contributed by atoms with van der Waals surface area (Å²) in [4.78, 5) is 36.6. The van der Waals surface area contributed by atoms with Crippen molar-refractivity contribution in [1.29, 1.82) is 0 Å². The van der Waals surface area contributed by atoms with Crippen LogP contribution in [0.15, 0.2) is 23.3 Å². The number of anilines is 1. The summed E-state index contributed by atoms with van der Waals surface area (Å²) in [7, 11) is 0. The summed E-state index contributed by atoms with van der Waals surface area (Å²) in [6.45, 7) is 3.80. The number of hydrogen-bond donors (Lipinski definition) is 2. The third kappa shape index (κ3) is 3.46. The van der Waals surface area contributed by atoms with Gasteiger partial charge in [0.15, 0.2) is 0 Å². The highest BCUT2D eigenvalue weighted by molar-refractivity contribution is 7.99. The van der Waals surface area contributed by atoms with Crippen LogP contribution in [0.25, 0.3) is 0 Å². The Bertz CT molecular complexity index is 800. The molecule has 0 aliphatic carbocycles. The molecule has 1 unspecified atom stereocenters. The molecule has 8 heteroatoms. The van der Waals surface area contributed by atoms with E-state index >= 15 is 0 Å². The number of aliphatic carboxylic acids is 1. The fraction of sp³-hybridized carbons (Fsp3) is 0.444. The van der Waals surface area contributed by atoms with Gasteiger partial charge in [-0.05, 0) is 43.2 Å². The van der Waals surface area contributed by atoms with Gasteiger partial charge in [0.25, 0.3) is 5.91 Å². The number of amides is 2. The van der Waals surface area contributed by atoms with Crippen molar-refractivity contribution in [2.24, 2.45) is 5.10 Å². The van der Waals surface area contributed by atoms with Gasteiger partial charge in [-0.15, -0.1) is 0 Å². The zero-order valence-corrected chi connectivity index (χ0v) is 15.6. The first kappa shape index (κ1) is 18.4. The molecule has 0 bridgehead atoms. The van der Waals surface area contributed by atoms with E-state index in [2.05, 4.69) is 10.4 Å². The van der Waals surface area contributed by atoms with Gasteiger partial charge in [-0.1, -0.05) is 12.1 Å². The molecule has 0 radical (unpaired) electrons. The molecule has 1 aromatic carbocycles. The number of carboxylic acid groups (broad SMARTS) is 1. The lowest BCUT2D eigenvalue weighted by atomic mass is 9.98. The largest absolute Gasteiger partial charge is 0.479 e. The number of thioether (sulfide) groups is 1. The average molecular weight is 375 g/mol. The molecule has 2 N–H and O–H groups in total. The van der Waals surface area contributed by atoms with E-state index in [1.54, 1.807) is 0 Å². The summed E-state index contributed by atoms with van der Waals surface area (Å²) in [6.07, 6.45) is 0.745.